The molecular formula is C18H21B5F3NO3. The lowest BCUT2D eigenvalue weighted by molar-refractivity contribution is -0.0500. The summed E-state index contributed by atoms with van der Waals surface area (Å²) in [6.45, 7) is -0.0816. The number of nitrogens with zero attached hydrogens (tertiary/aromatic N) is 1. The van der Waals surface area contributed by atoms with Gasteiger partial charge < -0.3 is 19.8 Å². The van der Waals surface area contributed by atoms with E-state index in [-0.39, 0.29) is 44.1 Å². The molecule has 1 aromatic carbocycles. The lowest BCUT2D eigenvalue weighted by Gasteiger charge is -2.47. The molecule has 30 heavy (non-hydrogen) atoms. The van der Waals surface area contributed by atoms with Gasteiger partial charge in [-0.05, 0) is 42.9 Å². The number of rotatable bonds is 9. The topological polar surface area (TPSA) is 52.9 Å². The maximum absolute atomic E-state index is 14.1. The number of hydrogen-bond donors (Lipinski definition) is 2. The molecule has 0 spiro atoms. The predicted octanol–water partition coefficient (Wildman–Crippen LogP) is 0.813. The van der Waals surface area contributed by atoms with Crippen molar-refractivity contribution in [2.45, 2.75) is 54.9 Å². The summed E-state index contributed by atoms with van der Waals surface area (Å²) in [5.41, 5.74) is -2.11. The Kier molecular flexibility index (Phi) is 8.14. The summed E-state index contributed by atoms with van der Waals surface area (Å²) in [5, 5.41) is 18.1. The van der Waals surface area contributed by atoms with Crippen molar-refractivity contribution in [2.75, 3.05) is 13.2 Å². The normalized spacial score (nSPS) is 19.0. The average molecular weight is 410 g/mol. The molecule has 152 valence electrons. The largest absolute Gasteiger partial charge is 0.490 e. The molecule has 1 aliphatic carbocycles. The van der Waals surface area contributed by atoms with Gasteiger partial charge in [-0.1, -0.05) is 11.3 Å². The summed E-state index contributed by atoms with van der Waals surface area (Å²) in [6, 6.07) is 3.80. The van der Waals surface area contributed by atoms with Crippen molar-refractivity contribution >= 4 is 39.2 Å². The van der Waals surface area contributed by atoms with Crippen LogP contribution in [0, 0.1) is 11.7 Å². The molecule has 0 amide bonds. The number of aliphatic hydroxyl groups is 2. The Morgan fingerprint density at radius 3 is 2.30 bits per heavy atom. The number of aliphatic hydroxyl groups excluding tert-OH is 1. The molecule has 1 aliphatic rings. The highest BCUT2D eigenvalue weighted by molar-refractivity contribution is 6.59. The second kappa shape index (κ2) is 9.66. The third kappa shape index (κ3) is 7.31. The Morgan fingerprint density at radius 2 is 1.77 bits per heavy atom. The molecule has 4 nitrogen and oxygen atoms in total. The molecule has 0 bridgehead atoms. The van der Waals surface area contributed by atoms with Crippen LogP contribution in [0.3, 0.4) is 0 Å². The number of benzene rings is 1. The van der Waals surface area contributed by atoms with Crippen LogP contribution in [0.5, 0.6) is 5.75 Å². The molecule has 1 fully saturated rings. The van der Waals surface area contributed by atoms with E-state index < -0.39 is 28.6 Å². The van der Waals surface area contributed by atoms with Crippen LogP contribution < -0.4 is 4.74 Å². The highest BCUT2D eigenvalue weighted by Crippen LogP contribution is 2.36. The first kappa shape index (κ1) is 25.3. The van der Waals surface area contributed by atoms with Crippen molar-refractivity contribution in [1.82, 2.24) is 4.90 Å². The van der Waals surface area contributed by atoms with Gasteiger partial charge in [0.15, 0.2) is 11.6 Å². The second-order valence-corrected chi connectivity index (χ2v) is 7.93. The van der Waals surface area contributed by atoms with Gasteiger partial charge in [0, 0.05) is 24.9 Å². The van der Waals surface area contributed by atoms with Gasteiger partial charge in [0.1, 0.15) is 15.7 Å². The van der Waals surface area contributed by atoms with Crippen molar-refractivity contribution in [2.24, 2.45) is 5.92 Å². The Hall–Kier alpha value is -0.985. The van der Waals surface area contributed by atoms with Crippen LogP contribution in [-0.4, -0.2) is 84.2 Å². The van der Waals surface area contributed by atoms with Gasteiger partial charge in [0.2, 0.25) is 5.92 Å². The van der Waals surface area contributed by atoms with Crippen LogP contribution in [0.2, 0.25) is 0 Å². The molecule has 1 atom stereocenters. The van der Waals surface area contributed by atoms with E-state index in [2.05, 4.69) is 0 Å². The molecular weight excluding hydrogens is 389 g/mol. The van der Waals surface area contributed by atoms with Gasteiger partial charge in [0.05, 0.1) is 36.2 Å². The smallest absolute Gasteiger partial charge is 0.248 e. The zero-order valence-corrected chi connectivity index (χ0v) is 16.6. The molecule has 1 unspecified atom stereocenters. The third-order valence-corrected chi connectivity index (χ3v) is 5.18. The maximum atomic E-state index is 14.1. The van der Waals surface area contributed by atoms with Crippen molar-refractivity contribution < 1.29 is 28.1 Å². The third-order valence-electron chi connectivity index (χ3n) is 5.18. The lowest BCUT2D eigenvalue weighted by atomic mass is 9.46. The molecule has 10 radical (unpaired) electrons. The molecule has 0 saturated heterocycles. The average Bonchev–Trinajstić information content (AvgIpc) is 2.59. The highest BCUT2D eigenvalue weighted by atomic mass is 19.3. The van der Waals surface area contributed by atoms with E-state index in [1.54, 1.807) is 0 Å². The monoisotopic (exact) mass is 411 g/mol. The van der Waals surface area contributed by atoms with Crippen molar-refractivity contribution in [3.8, 4) is 5.75 Å². The predicted molar refractivity (Wildman–Crippen MR) is 112 cm³/mol. The van der Waals surface area contributed by atoms with E-state index in [0.717, 1.165) is 11.0 Å². The maximum Gasteiger partial charge on any atom is 0.248 e. The molecule has 12 heteroatoms. The van der Waals surface area contributed by atoms with Gasteiger partial charge in [-0.15, -0.1) is 0 Å². The summed E-state index contributed by atoms with van der Waals surface area (Å²) >= 11 is 0. The number of ether oxygens (including phenoxy) is 1. The summed E-state index contributed by atoms with van der Waals surface area (Å²) in [5.74, 6) is -3.48. The van der Waals surface area contributed by atoms with Crippen LogP contribution in [-0.2, 0) is 0 Å². The Bertz CT molecular complexity index is 691. The minimum atomic E-state index is -2.65. The molecule has 1 aromatic rings. The van der Waals surface area contributed by atoms with Gasteiger partial charge in [0.25, 0.3) is 0 Å². The Morgan fingerprint density at radius 1 is 1.17 bits per heavy atom. The first-order valence-electron chi connectivity index (χ1n) is 9.62. The van der Waals surface area contributed by atoms with E-state index in [9.17, 15) is 23.4 Å². The van der Waals surface area contributed by atoms with Crippen molar-refractivity contribution in [1.29, 1.82) is 0 Å². The van der Waals surface area contributed by atoms with Gasteiger partial charge in [-0.2, -0.15) is 0 Å². The van der Waals surface area contributed by atoms with E-state index in [1.807, 2.05) is 0 Å². The van der Waals surface area contributed by atoms with E-state index in [0.29, 0.717) is 18.4 Å². The fourth-order valence-electron chi connectivity index (χ4n) is 3.41. The minimum Gasteiger partial charge on any atom is -0.490 e. The Labute approximate surface area is 182 Å². The summed E-state index contributed by atoms with van der Waals surface area (Å²) in [7, 11) is 27.3. The van der Waals surface area contributed by atoms with E-state index in [4.69, 9.17) is 44.0 Å². The Balaban J connectivity index is 1.98. The number of alkyl halides is 2. The standard InChI is InChI=1S/C18H21B5F3NO3/c19-17(20,21)27(18(22,23)29)8-5-14(28)12-1-2-13(24)15(9-12)30-10-11-3-6-16(25,26)7-4-11/h1-2,9,11,14,28-29H,3-8,10H2. The summed E-state index contributed by atoms with van der Waals surface area (Å²) in [4.78, 5) is 0.781. The number of hydrogen-bond acceptors (Lipinski definition) is 4. The molecule has 0 heterocycles. The zero-order chi connectivity index (χ0) is 22.7. The molecule has 2 N–H and O–H groups in total. The molecule has 0 aromatic heterocycles. The van der Waals surface area contributed by atoms with Gasteiger partial charge in [-0.25, -0.2) is 13.2 Å². The fourth-order valence-corrected chi connectivity index (χ4v) is 3.41. The van der Waals surface area contributed by atoms with Crippen LogP contribution in [0.25, 0.3) is 0 Å². The fraction of sp³-hybridized carbons (Fsp3) is 0.667. The van der Waals surface area contributed by atoms with Crippen molar-refractivity contribution in [3.63, 3.8) is 0 Å². The first-order valence-corrected chi connectivity index (χ1v) is 9.62. The van der Waals surface area contributed by atoms with Crippen molar-refractivity contribution in [3.05, 3.63) is 29.6 Å². The lowest BCUT2D eigenvalue weighted by Crippen LogP contribution is -2.63. The highest BCUT2D eigenvalue weighted by Gasteiger charge is 2.35. The summed E-state index contributed by atoms with van der Waals surface area (Å²) in [6.07, 6.45) is -1.00. The van der Waals surface area contributed by atoms with Crippen LogP contribution in [0.4, 0.5) is 13.2 Å². The molecule has 1 saturated carbocycles. The SMILES string of the molecule is [B]C([B])([B])N(CCC(O)c1ccc(F)c(OCC2CCC(F)(F)CC2)c1)C([B])([B])O. The zero-order valence-electron chi connectivity index (χ0n) is 16.6. The minimum absolute atomic E-state index is 0.0488. The van der Waals surface area contributed by atoms with Crippen LogP contribution >= 0.6 is 0 Å². The van der Waals surface area contributed by atoms with E-state index in [1.165, 1.54) is 12.1 Å². The number of halogens is 3. The van der Waals surface area contributed by atoms with E-state index >= 15 is 0 Å². The van der Waals surface area contributed by atoms with Crippen LogP contribution in [0.1, 0.15) is 43.8 Å². The second-order valence-electron chi connectivity index (χ2n) is 7.93. The van der Waals surface area contributed by atoms with Gasteiger partial charge in [-0.3, -0.25) is 0 Å². The first-order chi connectivity index (χ1) is 13.7. The quantitative estimate of drug-likeness (QED) is 0.468. The van der Waals surface area contributed by atoms with Gasteiger partial charge >= 0.3 is 0 Å². The molecule has 0 aliphatic heterocycles. The molecule has 2 rings (SSSR count). The van der Waals surface area contributed by atoms with Crippen LogP contribution in [0.15, 0.2) is 18.2 Å². The summed E-state index contributed by atoms with van der Waals surface area (Å²) < 4.78 is 46.0.